The van der Waals surface area contributed by atoms with Crippen LogP contribution in [0.4, 0.5) is 0 Å². The van der Waals surface area contributed by atoms with Crippen molar-refractivity contribution in [1.29, 1.82) is 0 Å². The fourth-order valence-electron chi connectivity index (χ4n) is 2.08. The lowest BCUT2D eigenvalue weighted by Gasteiger charge is -2.09. The Balaban J connectivity index is 1.91. The molecule has 0 fully saturated rings. The molecule has 0 atom stereocenters. The zero-order valence-electron chi connectivity index (χ0n) is 12.3. The number of rotatable bonds is 6. The lowest BCUT2D eigenvalue weighted by molar-refractivity contribution is 0.306. The van der Waals surface area contributed by atoms with Crippen molar-refractivity contribution in [3.8, 4) is 5.75 Å². The molecule has 0 radical (unpaired) electrons. The second kappa shape index (κ2) is 7.11. The monoisotopic (exact) mass is 269 g/mol. The third kappa shape index (κ3) is 4.10. The first-order valence-corrected chi connectivity index (χ1v) is 7.19. The van der Waals surface area contributed by atoms with Gasteiger partial charge in [0, 0.05) is 0 Å². The standard InChI is InChI=1S/C18H23NO/c1-14(2)17-7-3-16(4-8-17)13-20-18-9-5-15(6-10-18)11-12-19/h3-10,14H,11-13,19H2,1-2H3. The molecule has 2 heteroatoms. The van der Waals surface area contributed by atoms with Crippen LogP contribution < -0.4 is 10.5 Å². The van der Waals surface area contributed by atoms with Crippen molar-refractivity contribution in [3.63, 3.8) is 0 Å². The first kappa shape index (κ1) is 14.6. The van der Waals surface area contributed by atoms with E-state index in [1.54, 1.807) is 0 Å². The lowest BCUT2D eigenvalue weighted by Crippen LogP contribution is -2.02. The number of nitrogens with two attached hydrogens (primary N) is 1. The van der Waals surface area contributed by atoms with E-state index < -0.39 is 0 Å². The van der Waals surface area contributed by atoms with Crippen molar-refractivity contribution in [1.82, 2.24) is 0 Å². The molecule has 0 unspecified atom stereocenters. The average Bonchev–Trinajstić information content (AvgIpc) is 2.47. The molecular weight excluding hydrogens is 246 g/mol. The maximum absolute atomic E-state index is 5.79. The SMILES string of the molecule is CC(C)c1ccc(COc2ccc(CCN)cc2)cc1. The van der Waals surface area contributed by atoms with Crippen LogP contribution >= 0.6 is 0 Å². The van der Waals surface area contributed by atoms with Crippen LogP contribution in [0.5, 0.6) is 5.75 Å². The first-order chi connectivity index (χ1) is 9.69. The third-order valence-corrected chi connectivity index (χ3v) is 3.41. The molecule has 2 nitrogen and oxygen atoms in total. The van der Waals surface area contributed by atoms with Crippen LogP contribution in [0.25, 0.3) is 0 Å². The summed E-state index contributed by atoms with van der Waals surface area (Å²) in [5, 5.41) is 0. The molecule has 0 aliphatic rings. The molecule has 0 amide bonds. The molecular formula is C18H23NO. The second-order valence-electron chi connectivity index (χ2n) is 5.37. The highest BCUT2D eigenvalue weighted by Crippen LogP contribution is 2.17. The van der Waals surface area contributed by atoms with Gasteiger partial charge in [-0.05, 0) is 47.7 Å². The largest absolute Gasteiger partial charge is 0.489 e. The second-order valence-corrected chi connectivity index (χ2v) is 5.37. The van der Waals surface area contributed by atoms with Crippen molar-refractivity contribution in [2.75, 3.05) is 6.54 Å². The fourth-order valence-corrected chi connectivity index (χ4v) is 2.08. The van der Waals surface area contributed by atoms with Gasteiger partial charge in [-0.2, -0.15) is 0 Å². The molecule has 0 saturated carbocycles. The van der Waals surface area contributed by atoms with E-state index in [1.165, 1.54) is 16.7 Å². The number of ether oxygens (including phenoxy) is 1. The van der Waals surface area contributed by atoms with Crippen molar-refractivity contribution in [2.24, 2.45) is 5.73 Å². The maximum atomic E-state index is 5.79. The van der Waals surface area contributed by atoms with Gasteiger partial charge in [0.25, 0.3) is 0 Å². The van der Waals surface area contributed by atoms with Crippen LogP contribution in [0.2, 0.25) is 0 Å². The zero-order valence-corrected chi connectivity index (χ0v) is 12.3. The summed E-state index contributed by atoms with van der Waals surface area (Å²) in [4.78, 5) is 0. The van der Waals surface area contributed by atoms with Crippen LogP contribution in [0.1, 0.15) is 36.5 Å². The molecule has 20 heavy (non-hydrogen) atoms. The highest BCUT2D eigenvalue weighted by Gasteiger charge is 2.00. The molecule has 2 N–H and O–H groups in total. The molecule has 0 bridgehead atoms. The van der Waals surface area contributed by atoms with E-state index in [0.29, 0.717) is 19.1 Å². The summed E-state index contributed by atoms with van der Waals surface area (Å²) in [6.45, 7) is 5.69. The fraction of sp³-hybridized carbons (Fsp3) is 0.333. The van der Waals surface area contributed by atoms with E-state index in [-0.39, 0.29) is 0 Å². The highest BCUT2D eigenvalue weighted by molar-refractivity contribution is 5.28. The Hall–Kier alpha value is -1.80. The quantitative estimate of drug-likeness (QED) is 0.863. The minimum Gasteiger partial charge on any atom is -0.489 e. The predicted octanol–water partition coefficient (Wildman–Crippen LogP) is 3.89. The van der Waals surface area contributed by atoms with E-state index in [0.717, 1.165) is 12.2 Å². The zero-order chi connectivity index (χ0) is 14.4. The van der Waals surface area contributed by atoms with Gasteiger partial charge in [-0.3, -0.25) is 0 Å². The molecule has 106 valence electrons. The Morgan fingerprint density at radius 1 is 0.900 bits per heavy atom. The topological polar surface area (TPSA) is 35.2 Å². The molecule has 0 saturated heterocycles. The Bertz CT molecular complexity index is 514. The van der Waals surface area contributed by atoms with Crippen molar-refractivity contribution in [3.05, 3.63) is 65.2 Å². The molecule has 0 aliphatic heterocycles. The summed E-state index contributed by atoms with van der Waals surface area (Å²) < 4.78 is 5.79. The number of hydrogen-bond donors (Lipinski definition) is 1. The van der Waals surface area contributed by atoms with Gasteiger partial charge in [0.1, 0.15) is 12.4 Å². The van der Waals surface area contributed by atoms with Gasteiger partial charge in [0.05, 0.1) is 0 Å². The summed E-state index contributed by atoms with van der Waals surface area (Å²) in [5.41, 5.74) is 9.34. The summed E-state index contributed by atoms with van der Waals surface area (Å²) in [6, 6.07) is 16.8. The van der Waals surface area contributed by atoms with E-state index in [4.69, 9.17) is 10.5 Å². The van der Waals surface area contributed by atoms with Crippen molar-refractivity contribution in [2.45, 2.75) is 32.8 Å². The Morgan fingerprint density at radius 3 is 2.05 bits per heavy atom. The summed E-state index contributed by atoms with van der Waals surface area (Å²) in [7, 11) is 0. The average molecular weight is 269 g/mol. The van der Waals surface area contributed by atoms with Gasteiger partial charge in [0.2, 0.25) is 0 Å². The van der Waals surface area contributed by atoms with Crippen LogP contribution in [0.15, 0.2) is 48.5 Å². The Morgan fingerprint density at radius 2 is 1.50 bits per heavy atom. The van der Waals surface area contributed by atoms with Gasteiger partial charge in [-0.25, -0.2) is 0 Å². The van der Waals surface area contributed by atoms with E-state index in [2.05, 4.69) is 50.2 Å². The minimum absolute atomic E-state index is 0.569. The first-order valence-electron chi connectivity index (χ1n) is 7.19. The molecule has 0 aliphatic carbocycles. The van der Waals surface area contributed by atoms with E-state index >= 15 is 0 Å². The van der Waals surface area contributed by atoms with Gasteiger partial charge < -0.3 is 10.5 Å². The van der Waals surface area contributed by atoms with Gasteiger partial charge in [-0.1, -0.05) is 50.2 Å². The number of hydrogen-bond acceptors (Lipinski definition) is 2. The van der Waals surface area contributed by atoms with Crippen molar-refractivity contribution >= 4 is 0 Å². The normalized spacial score (nSPS) is 10.8. The lowest BCUT2D eigenvalue weighted by atomic mass is 10.0. The highest BCUT2D eigenvalue weighted by atomic mass is 16.5. The van der Waals surface area contributed by atoms with Gasteiger partial charge >= 0.3 is 0 Å². The Labute approximate surface area is 121 Å². The molecule has 2 aromatic carbocycles. The van der Waals surface area contributed by atoms with E-state index in [9.17, 15) is 0 Å². The molecule has 0 heterocycles. The smallest absolute Gasteiger partial charge is 0.119 e. The third-order valence-electron chi connectivity index (χ3n) is 3.41. The van der Waals surface area contributed by atoms with Gasteiger partial charge in [-0.15, -0.1) is 0 Å². The van der Waals surface area contributed by atoms with Crippen molar-refractivity contribution < 1.29 is 4.74 Å². The van der Waals surface area contributed by atoms with Crippen LogP contribution in [0.3, 0.4) is 0 Å². The minimum atomic E-state index is 0.569. The summed E-state index contributed by atoms with van der Waals surface area (Å²) >= 11 is 0. The van der Waals surface area contributed by atoms with E-state index in [1.807, 2.05) is 12.1 Å². The Kier molecular flexibility index (Phi) is 5.19. The van der Waals surface area contributed by atoms with Crippen LogP contribution in [-0.4, -0.2) is 6.54 Å². The molecule has 0 aromatic heterocycles. The summed E-state index contributed by atoms with van der Waals surface area (Å²) in [6.07, 6.45) is 0.914. The molecule has 2 rings (SSSR count). The molecule has 0 spiro atoms. The molecule has 2 aromatic rings. The maximum Gasteiger partial charge on any atom is 0.119 e. The van der Waals surface area contributed by atoms with Crippen LogP contribution in [-0.2, 0) is 13.0 Å². The summed E-state index contributed by atoms with van der Waals surface area (Å²) in [5.74, 6) is 1.47. The van der Waals surface area contributed by atoms with Crippen LogP contribution in [0, 0.1) is 0 Å². The van der Waals surface area contributed by atoms with Gasteiger partial charge in [0.15, 0.2) is 0 Å². The number of benzene rings is 2. The predicted molar refractivity (Wildman–Crippen MR) is 84.1 cm³/mol.